The van der Waals surface area contributed by atoms with Crippen LogP contribution in [0.3, 0.4) is 0 Å². The van der Waals surface area contributed by atoms with Gasteiger partial charge in [-0.1, -0.05) is 72.8 Å². The summed E-state index contributed by atoms with van der Waals surface area (Å²) in [5, 5.41) is 10.9. The summed E-state index contributed by atoms with van der Waals surface area (Å²) in [4.78, 5) is 4.60. The van der Waals surface area contributed by atoms with Crippen molar-refractivity contribution in [1.29, 1.82) is 0 Å². The molecule has 116 valence electrons. The SMILES string of the molecule is Oc1cccc2ccc(Cc3ccc(-c4ccccc4)cc3)nc12. The number of hydrogen-bond donors (Lipinski definition) is 1. The Morgan fingerprint density at radius 2 is 1.42 bits per heavy atom. The van der Waals surface area contributed by atoms with Crippen molar-refractivity contribution in [3.63, 3.8) is 0 Å². The summed E-state index contributed by atoms with van der Waals surface area (Å²) >= 11 is 0. The van der Waals surface area contributed by atoms with Gasteiger partial charge in [-0.15, -0.1) is 0 Å². The van der Waals surface area contributed by atoms with Gasteiger partial charge in [-0.25, -0.2) is 4.98 Å². The van der Waals surface area contributed by atoms with Gasteiger partial charge in [0.05, 0.1) is 0 Å². The molecule has 0 unspecified atom stereocenters. The first-order valence-corrected chi connectivity index (χ1v) is 8.01. The number of aromatic hydroxyl groups is 1. The summed E-state index contributed by atoms with van der Waals surface area (Å²) in [5.41, 5.74) is 5.26. The van der Waals surface area contributed by atoms with Crippen LogP contribution in [-0.4, -0.2) is 10.1 Å². The molecule has 0 saturated carbocycles. The summed E-state index contributed by atoms with van der Waals surface area (Å²) in [5.74, 6) is 0.230. The molecular weight excluding hydrogens is 294 g/mol. The van der Waals surface area contributed by atoms with Gasteiger partial charge in [-0.2, -0.15) is 0 Å². The van der Waals surface area contributed by atoms with Crippen molar-refractivity contribution in [3.8, 4) is 16.9 Å². The van der Waals surface area contributed by atoms with Crippen LogP contribution in [-0.2, 0) is 6.42 Å². The van der Waals surface area contributed by atoms with Crippen LogP contribution in [0.25, 0.3) is 22.0 Å². The van der Waals surface area contributed by atoms with E-state index < -0.39 is 0 Å². The topological polar surface area (TPSA) is 33.1 Å². The Morgan fingerprint density at radius 1 is 0.667 bits per heavy atom. The highest BCUT2D eigenvalue weighted by molar-refractivity contribution is 5.84. The molecule has 0 amide bonds. The van der Waals surface area contributed by atoms with Crippen LogP contribution in [0, 0.1) is 0 Å². The van der Waals surface area contributed by atoms with Crippen molar-refractivity contribution in [1.82, 2.24) is 4.98 Å². The second kappa shape index (κ2) is 6.17. The van der Waals surface area contributed by atoms with Gasteiger partial charge in [0.15, 0.2) is 0 Å². The summed E-state index contributed by atoms with van der Waals surface area (Å²) in [6.07, 6.45) is 0.749. The average Bonchev–Trinajstić information content (AvgIpc) is 2.64. The Kier molecular flexibility index (Phi) is 3.72. The first-order valence-electron chi connectivity index (χ1n) is 8.01. The molecule has 0 radical (unpaired) electrons. The summed E-state index contributed by atoms with van der Waals surface area (Å²) in [6, 6.07) is 28.4. The lowest BCUT2D eigenvalue weighted by Gasteiger charge is -2.06. The molecule has 0 bridgehead atoms. The Labute approximate surface area is 141 Å². The molecule has 24 heavy (non-hydrogen) atoms. The molecule has 2 nitrogen and oxygen atoms in total. The van der Waals surface area contributed by atoms with Crippen LogP contribution in [0.15, 0.2) is 84.9 Å². The number of phenolic OH excluding ortho intramolecular Hbond substituents is 1. The van der Waals surface area contributed by atoms with Crippen LogP contribution in [0.2, 0.25) is 0 Å². The highest BCUT2D eigenvalue weighted by Crippen LogP contribution is 2.24. The summed E-state index contributed by atoms with van der Waals surface area (Å²) in [6.45, 7) is 0. The molecule has 0 fully saturated rings. The van der Waals surface area contributed by atoms with E-state index in [1.807, 2.05) is 30.3 Å². The lowest BCUT2D eigenvalue weighted by atomic mass is 10.0. The van der Waals surface area contributed by atoms with Crippen LogP contribution in [0.4, 0.5) is 0 Å². The fraction of sp³-hybridized carbons (Fsp3) is 0.0455. The molecule has 4 aromatic rings. The Bertz CT molecular complexity index is 976. The smallest absolute Gasteiger partial charge is 0.141 e. The minimum Gasteiger partial charge on any atom is -0.506 e. The second-order valence-corrected chi connectivity index (χ2v) is 5.89. The third kappa shape index (κ3) is 2.86. The Balaban J connectivity index is 1.60. The zero-order valence-electron chi connectivity index (χ0n) is 13.2. The van der Waals surface area contributed by atoms with Crippen molar-refractivity contribution in [2.75, 3.05) is 0 Å². The van der Waals surface area contributed by atoms with Crippen molar-refractivity contribution in [3.05, 3.63) is 96.2 Å². The van der Waals surface area contributed by atoms with Crippen LogP contribution in [0.5, 0.6) is 5.75 Å². The Morgan fingerprint density at radius 3 is 2.21 bits per heavy atom. The maximum atomic E-state index is 9.96. The minimum atomic E-state index is 0.230. The molecule has 1 N–H and O–H groups in total. The zero-order chi connectivity index (χ0) is 16.4. The molecule has 1 heterocycles. The lowest BCUT2D eigenvalue weighted by Crippen LogP contribution is -1.93. The number of pyridine rings is 1. The molecule has 1 aromatic heterocycles. The van der Waals surface area contributed by atoms with E-state index in [1.54, 1.807) is 6.07 Å². The molecule has 3 aromatic carbocycles. The highest BCUT2D eigenvalue weighted by atomic mass is 16.3. The number of nitrogens with zero attached hydrogens (tertiary/aromatic N) is 1. The molecule has 2 heteroatoms. The molecular formula is C22H17NO. The fourth-order valence-corrected chi connectivity index (χ4v) is 2.93. The number of fused-ring (bicyclic) bond motifs is 1. The zero-order valence-corrected chi connectivity index (χ0v) is 13.2. The predicted octanol–water partition coefficient (Wildman–Crippen LogP) is 5.20. The van der Waals surface area contributed by atoms with Gasteiger partial charge >= 0.3 is 0 Å². The van der Waals surface area contributed by atoms with Gasteiger partial charge in [-0.05, 0) is 28.8 Å². The van der Waals surface area contributed by atoms with E-state index in [4.69, 9.17) is 0 Å². The largest absolute Gasteiger partial charge is 0.506 e. The maximum Gasteiger partial charge on any atom is 0.141 e. The highest BCUT2D eigenvalue weighted by Gasteiger charge is 2.04. The monoisotopic (exact) mass is 311 g/mol. The molecule has 0 spiro atoms. The van der Waals surface area contributed by atoms with E-state index >= 15 is 0 Å². The molecule has 4 rings (SSSR count). The van der Waals surface area contributed by atoms with E-state index in [-0.39, 0.29) is 5.75 Å². The van der Waals surface area contributed by atoms with Gasteiger partial charge in [0, 0.05) is 17.5 Å². The van der Waals surface area contributed by atoms with E-state index in [9.17, 15) is 5.11 Å². The lowest BCUT2D eigenvalue weighted by molar-refractivity contribution is 0.480. The van der Waals surface area contributed by atoms with Crippen LogP contribution in [0.1, 0.15) is 11.3 Å². The number of rotatable bonds is 3. The van der Waals surface area contributed by atoms with Gasteiger partial charge in [0.25, 0.3) is 0 Å². The van der Waals surface area contributed by atoms with Crippen molar-refractivity contribution in [2.45, 2.75) is 6.42 Å². The van der Waals surface area contributed by atoms with Crippen molar-refractivity contribution in [2.24, 2.45) is 0 Å². The van der Waals surface area contributed by atoms with E-state index in [1.165, 1.54) is 16.7 Å². The maximum absolute atomic E-state index is 9.96. The average molecular weight is 311 g/mol. The quantitative estimate of drug-likeness (QED) is 0.564. The normalized spacial score (nSPS) is 10.8. The molecule has 0 atom stereocenters. The standard InChI is InChI=1S/C22H17NO/c24-21-8-4-7-19-13-14-20(23-22(19)21)15-16-9-11-18(12-10-16)17-5-2-1-3-6-17/h1-14,24H,15H2. The Hall–Kier alpha value is -3.13. The minimum absolute atomic E-state index is 0.230. The van der Waals surface area contributed by atoms with Gasteiger partial charge < -0.3 is 5.11 Å². The third-order valence-corrected chi connectivity index (χ3v) is 4.20. The first kappa shape index (κ1) is 14.5. The molecule has 0 aliphatic heterocycles. The summed E-state index contributed by atoms with van der Waals surface area (Å²) < 4.78 is 0. The van der Waals surface area contributed by atoms with Crippen LogP contribution < -0.4 is 0 Å². The number of aromatic nitrogens is 1. The van der Waals surface area contributed by atoms with Crippen molar-refractivity contribution >= 4 is 10.9 Å². The fourth-order valence-electron chi connectivity index (χ4n) is 2.93. The van der Waals surface area contributed by atoms with E-state index in [2.05, 4.69) is 53.5 Å². The number of hydrogen-bond acceptors (Lipinski definition) is 2. The van der Waals surface area contributed by atoms with Gasteiger partial charge in [-0.3, -0.25) is 0 Å². The number of benzene rings is 3. The predicted molar refractivity (Wildman–Crippen MR) is 98.1 cm³/mol. The van der Waals surface area contributed by atoms with Crippen molar-refractivity contribution < 1.29 is 5.11 Å². The number of para-hydroxylation sites is 1. The van der Waals surface area contributed by atoms with E-state index in [0.29, 0.717) is 5.52 Å². The van der Waals surface area contributed by atoms with Crippen LogP contribution >= 0.6 is 0 Å². The third-order valence-electron chi connectivity index (χ3n) is 4.20. The van der Waals surface area contributed by atoms with E-state index in [0.717, 1.165) is 17.5 Å². The van der Waals surface area contributed by atoms with Gasteiger partial charge in [0.1, 0.15) is 11.3 Å². The second-order valence-electron chi connectivity index (χ2n) is 5.89. The summed E-state index contributed by atoms with van der Waals surface area (Å²) in [7, 11) is 0. The molecule has 0 aliphatic rings. The number of phenols is 1. The first-order chi connectivity index (χ1) is 11.8. The molecule has 0 aliphatic carbocycles. The van der Waals surface area contributed by atoms with Gasteiger partial charge in [0.2, 0.25) is 0 Å². The molecule has 0 saturated heterocycles.